The maximum Gasteiger partial charge on any atom is 0.198 e. The van der Waals surface area contributed by atoms with Gasteiger partial charge in [0.25, 0.3) is 0 Å². The fourth-order valence-corrected chi connectivity index (χ4v) is 2.03. The molecule has 0 spiro atoms. The molecule has 1 aromatic carbocycles. The number of halogens is 1. The highest BCUT2D eigenvalue weighted by Gasteiger charge is 2.03. The predicted molar refractivity (Wildman–Crippen MR) is 81.6 cm³/mol. The van der Waals surface area contributed by atoms with Crippen LogP contribution in [0.1, 0.15) is 0 Å². The number of likely N-dealkylation sites (N-methyl/N-ethyl adjacent to an activating group) is 1. The lowest BCUT2D eigenvalue weighted by Crippen LogP contribution is -2.27. The first-order chi connectivity index (χ1) is 9.56. The average molecular weight is 313 g/mol. The minimum atomic E-state index is 0.580. The van der Waals surface area contributed by atoms with Crippen LogP contribution >= 0.6 is 23.8 Å². The summed E-state index contributed by atoms with van der Waals surface area (Å²) in [5.74, 6) is 0.778. The Kier molecular flexibility index (Phi) is 5.17. The lowest BCUT2D eigenvalue weighted by Gasteiger charge is -2.16. The van der Waals surface area contributed by atoms with E-state index < -0.39 is 0 Å². The van der Waals surface area contributed by atoms with Gasteiger partial charge in [0.15, 0.2) is 4.77 Å². The van der Waals surface area contributed by atoms with Crippen LogP contribution in [0.3, 0.4) is 0 Å². The number of hydrogen-bond donors (Lipinski definition) is 0. The summed E-state index contributed by atoms with van der Waals surface area (Å²) in [5.41, 5.74) is 0. The second-order valence-corrected chi connectivity index (χ2v) is 5.35. The number of nitrogens with zero attached hydrogens (tertiary/aromatic N) is 4. The Hall–Kier alpha value is -1.37. The van der Waals surface area contributed by atoms with E-state index in [1.807, 2.05) is 36.9 Å². The van der Waals surface area contributed by atoms with Crippen molar-refractivity contribution in [3.05, 3.63) is 40.4 Å². The highest BCUT2D eigenvalue weighted by Crippen LogP contribution is 2.16. The molecule has 0 unspecified atom stereocenters. The van der Waals surface area contributed by atoms with Crippen LogP contribution in [-0.4, -0.2) is 39.4 Å². The molecule has 2 rings (SSSR count). The zero-order chi connectivity index (χ0) is 14.5. The van der Waals surface area contributed by atoms with Crippen LogP contribution in [0, 0.1) is 4.77 Å². The van der Waals surface area contributed by atoms with E-state index in [9.17, 15) is 0 Å². The van der Waals surface area contributed by atoms with Gasteiger partial charge < -0.3 is 9.30 Å². The van der Waals surface area contributed by atoms with Crippen molar-refractivity contribution >= 4 is 23.8 Å². The smallest absolute Gasteiger partial charge is 0.198 e. The Morgan fingerprint density at radius 2 is 2.25 bits per heavy atom. The topological polar surface area (TPSA) is 35.2 Å². The molecule has 0 aliphatic rings. The van der Waals surface area contributed by atoms with Crippen LogP contribution in [0.15, 0.2) is 30.6 Å². The van der Waals surface area contributed by atoms with E-state index in [1.165, 1.54) is 0 Å². The molecule has 0 aliphatic carbocycles. The van der Waals surface area contributed by atoms with Gasteiger partial charge in [0.05, 0.1) is 6.67 Å². The maximum atomic E-state index is 5.90. The molecule has 0 amide bonds. The number of aryl methyl sites for hydroxylation is 1. The van der Waals surface area contributed by atoms with Gasteiger partial charge in [-0.1, -0.05) is 17.7 Å². The molecular formula is C13H17ClN4OS. The van der Waals surface area contributed by atoms with Gasteiger partial charge in [-0.15, -0.1) is 0 Å². The molecule has 0 aliphatic heterocycles. The van der Waals surface area contributed by atoms with Crippen LogP contribution in [0.2, 0.25) is 5.02 Å². The number of aromatic nitrogens is 3. The van der Waals surface area contributed by atoms with E-state index in [4.69, 9.17) is 28.6 Å². The molecule has 1 aromatic heterocycles. The molecule has 0 fully saturated rings. The summed E-state index contributed by atoms with van der Waals surface area (Å²) in [7, 11) is 3.88. The third-order valence-electron chi connectivity index (χ3n) is 2.80. The first-order valence-electron chi connectivity index (χ1n) is 6.21. The zero-order valence-electron chi connectivity index (χ0n) is 11.5. The van der Waals surface area contributed by atoms with Gasteiger partial charge in [0.2, 0.25) is 0 Å². The molecule has 20 heavy (non-hydrogen) atoms. The fraction of sp³-hybridized carbons (Fsp3) is 0.385. The largest absolute Gasteiger partial charge is 0.492 e. The summed E-state index contributed by atoms with van der Waals surface area (Å²) in [6.45, 7) is 1.99. The predicted octanol–water partition coefficient (Wildman–Crippen LogP) is 2.57. The SMILES string of the molecule is CN(CCOc1cccc(Cl)c1)Cn1ncn(C)c1=S. The lowest BCUT2D eigenvalue weighted by molar-refractivity contribution is 0.197. The number of ether oxygens (including phenoxy) is 1. The Morgan fingerprint density at radius 3 is 2.90 bits per heavy atom. The molecule has 0 radical (unpaired) electrons. The minimum Gasteiger partial charge on any atom is -0.492 e. The van der Waals surface area contributed by atoms with Crippen LogP contribution in [0.25, 0.3) is 0 Å². The van der Waals surface area contributed by atoms with Gasteiger partial charge in [-0.2, -0.15) is 5.10 Å². The summed E-state index contributed by atoms with van der Waals surface area (Å²) in [5, 5.41) is 4.89. The number of benzene rings is 1. The highest BCUT2D eigenvalue weighted by molar-refractivity contribution is 7.71. The number of hydrogen-bond acceptors (Lipinski definition) is 4. The van der Waals surface area contributed by atoms with Gasteiger partial charge in [-0.25, -0.2) is 4.68 Å². The summed E-state index contributed by atoms with van der Waals surface area (Å²) in [6.07, 6.45) is 1.71. The van der Waals surface area contributed by atoms with Crippen molar-refractivity contribution in [2.45, 2.75) is 6.67 Å². The number of rotatable bonds is 6. The van der Waals surface area contributed by atoms with Crippen molar-refractivity contribution in [2.24, 2.45) is 7.05 Å². The van der Waals surface area contributed by atoms with E-state index >= 15 is 0 Å². The quantitative estimate of drug-likeness (QED) is 0.768. The Labute approximate surface area is 128 Å². The lowest BCUT2D eigenvalue weighted by atomic mass is 10.3. The molecular weight excluding hydrogens is 296 g/mol. The Morgan fingerprint density at radius 1 is 1.45 bits per heavy atom. The monoisotopic (exact) mass is 312 g/mol. The zero-order valence-corrected chi connectivity index (χ0v) is 13.1. The van der Waals surface area contributed by atoms with Crippen molar-refractivity contribution in [2.75, 3.05) is 20.2 Å². The molecule has 0 saturated carbocycles. The van der Waals surface area contributed by atoms with Gasteiger partial charge in [-0.3, -0.25) is 4.90 Å². The molecule has 1 heterocycles. The highest BCUT2D eigenvalue weighted by atomic mass is 35.5. The molecule has 0 N–H and O–H groups in total. The van der Waals surface area contributed by atoms with Crippen LogP contribution < -0.4 is 4.74 Å². The van der Waals surface area contributed by atoms with Gasteiger partial charge in [-0.05, 0) is 37.5 Å². The van der Waals surface area contributed by atoms with Crippen molar-refractivity contribution in [3.8, 4) is 5.75 Å². The molecule has 7 heteroatoms. The second kappa shape index (κ2) is 6.88. The third kappa shape index (κ3) is 4.06. The standard InChI is InChI=1S/C13H17ClN4OS/c1-16(10-18-13(20)17(2)9-15-18)6-7-19-12-5-3-4-11(14)8-12/h3-5,8-9H,6-7,10H2,1-2H3. The summed E-state index contributed by atoms with van der Waals surface area (Å²) in [4.78, 5) is 2.09. The van der Waals surface area contributed by atoms with Crippen molar-refractivity contribution in [1.82, 2.24) is 19.2 Å². The van der Waals surface area contributed by atoms with Gasteiger partial charge >= 0.3 is 0 Å². The van der Waals surface area contributed by atoms with E-state index in [1.54, 1.807) is 17.1 Å². The van der Waals surface area contributed by atoms with Crippen molar-refractivity contribution < 1.29 is 4.74 Å². The van der Waals surface area contributed by atoms with Crippen LogP contribution in [0.5, 0.6) is 5.75 Å². The molecule has 0 atom stereocenters. The third-order valence-corrected chi connectivity index (χ3v) is 3.53. The first-order valence-corrected chi connectivity index (χ1v) is 7.00. The van der Waals surface area contributed by atoms with E-state index in [0.29, 0.717) is 23.1 Å². The van der Waals surface area contributed by atoms with E-state index in [2.05, 4.69) is 10.00 Å². The Balaban J connectivity index is 1.79. The molecule has 2 aromatic rings. The molecule has 108 valence electrons. The van der Waals surface area contributed by atoms with Crippen molar-refractivity contribution in [3.63, 3.8) is 0 Å². The van der Waals surface area contributed by atoms with E-state index in [0.717, 1.165) is 12.3 Å². The summed E-state index contributed by atoms with van der Waals surface area (Å²) in [6, 6.07) is 7.38. The van der Waals surface area contributed by atoms with Gasteiger partial charge in [0.1, 0.15) is 18.7 Å². The van der Waals surface area contributed by atoms with Crippen LogP contribution in [-0.2, 0) is 13.7 Å². The molecule has 5 nitrogen and oxygen atoms in total. The molecule has 0 bridgehead atoms. The minimum absolute atomic E-state index is 0.580. The van der Waals surface area contributed by atoms with E-state index in [-0.39, 0.29) is 0 Å². The normalized spacial score (nSPS) is 11.0. The summed E-state index contributed by atoms with van der Waals surface area (Å²) >= 11 is 11.1. The van der Waals surface area contributed by atoms with Gasteiger partial charge in [0, 0.05) is 18.6 Å². The Bertz CT molecular complexity index is 625. The second-order valence-electron chi connectivity index (χ2n) is 4.55. The van der Waals surface area contributed by atoms with Crippen molar-refractivity contribution in [1.29, 1.82) is 0 Å². The fourth-order valence-electron chi connectivity index (χ4n) is 1.69. The first kappa shape index (κ1) is 15.0. The van der Waals surface area contributed by atoms with Crippen LogP contribution in [0.4, 0.5) is 0 Å². The maximum absolute atomic E-state index is 5.90. The summed E-state index contributed by atoms with van der Waals surface area (Å²) < 4.78 is 9.93. The average Bonchev–Trinajstić information content (AvgIpc) is 2.71. The molecule has 0 saturated heterocycles.